The first-order valence-corrected chi connectivity index (χ1v) is 8.23. The Morgan fingerprint density at radius 2 is 2.09 bits per heavy atom. The van der Waals surface area contributed by atoms with E-state index < -0.39 is 10.7 Å². The number of nitrogens with zero attached hydrogens (tertiary/aromatic N) is 3. The van der Waals surface area contributed by atoms with E-state index in [4.69, 9.17) is 0 Å². The van der Waals surface area contributed by atoms with Crippen LogP contribution in [0.5, 0.6) is 0 Å². The van der Waals surface area contributed by atoms with E-state index in [9.17, 15) is 9.90 Å². The second-order valence-corrected chi connectivity index (χ2v) is 7.66. The molecule has 0 saturated heterocycles. The van der Waals surface area contributed by atoms with Crippen LogP contribution in [0.4, 0.5) is 0 Å². The smallest absolute Gasteiger partial charge is 0.319 e. The van der Waals surface area contributed by atoms with Crippen molar-refractivity contribution in [1.29, 1.82) is 0 Å². The highest BCUT2D eigenvalue weighted by Gasteiger charge is 2.30. The van der Waals surface area contributed by atoms with Gasteiger partial charge in [-0.05, 0) is 19.9 Å². The first-order valence-electron chi connectivity index (χ1n) is 6.54. The molecule has 0 atom stereocenters. The number of carboxylic acids is 1. The predicted molar refractivity (Wildman–Crippen MR) is 88.2 cm³/mol. The number of hydrogen-bond donors (Lipinski definition) is 1. The monoisotopic (exact) mass is 331 g/mol. The van der Waals surface area contributed by atoms with Crippen LogP contribution in [-0.2, 0) is 4.79 Å². The van der Waals surface area contributed by atoms with Crippen molar-refractivity contribution < 1.29 is 9.90 Å². The fourth-order valence-corrected chi connectivity index (χ4v) is 3.62. The Morgan fingerprint density at radius 1 is 1.27 bits per heavy atom. The molecule has 1 N–H and O–H groups in total. The summed E-state index contributed by atoms with van der Waals surface area (Å²) in [6.45, 7) is 3.32. The minimum atomic E-state index is -0.973. The van der Waals surface area contributed by atoms with E-state index >= 15 is 0 Å². The SMILES string of the molecule is CC(C)(Sc1ncncc1-c1cccc2scnc12)C(=O)O. The van der Waals surface area contributed by atoms with Gasteiger partial charge < -0.3 is 5.11 Å². The van der Waals surface area contributed by atoms with Crippen LogP contribution < -0.4 is 0 Å². The number of thiazole rings is 1. The first kappa shape index (κ1) is 14.9. The molecular formula is C15H13N3O2S2. The molecule has 0 spiro atoms. The van der Waals surface area contributed by atoms with E-state index in [-0.39, 0.29) is 0 Å². The minimum Gasteiger partial charge on any atom is -0.480 e. The normalized spacial score (nSPS) is 11.7. The maximum absolute atomic E-state index is 11.4. The number of benzene rings is 1. The van der Waals surface area contributed by atoms with Gasteiger partial charge in [0, 0.05) is 17.3 Å². The Balaban J connectivity index is 2.13. The average Bonchev–Trinajstić information content (AvgIpc) is 2.95. The molecule has 0 radical (unpaired) electrons. The average molecular weight is 331 g/mol. The number of fused-ring (bicyclic) bond motifs is 1. The van der Waals surface area contributed by atoms with E-state index in [0.717, 1.165) is 21.3 Å². The van der Waals surface area contributed by atoms with Crippen molar-refractivity contribution >= 4 is 39.3 Å². The molecule has 0 unspecified atom stereocenters. The molecule has 0 saturated carbocycles. The van der Waals surface area contributed by atoms with E-state index in [0.29, 0.717) is 5.03 Å². The van der Waals surface area contributed by atoms with Crippen LogP contribution in [0.1, 0.15) is 13.8 Å². The summed E-state index contributed by atoms with van der Waals surface area (Å²) < 4.78 is 0.105. The molecule has 1 aromatic carbocycles. The number of hydrogen-bond acceptors (Lipinski definition) is 6. The Morgan fingerprint density at radius 3 is 2.86 bits per heavy atom. The van der Waals surface area contributed by atoms with Crippen molar-refractivity contribution in [2.24, 2.45) is 0 Å². The highest BCUT2D eigenvalue weighted by Crippen LogP contribution is 2.39. The number of carboxylic acid groups (broad SMARTS) is 1. The van der Waals surface area contributed by atoms with Crippen molar-refractivity contribution in [1.82, 2.24) is 15.0 Å². The summed E-state index contributed by atoms with van der Waals surface area (Å²) in [4.78, 5) is 24.1. The van der Waals surface area contributed by atoms with Gasteiger partial charge in [0.05, 0.1) is 15.7 Å². The van der Waals surface area contributed by atoms with Crippen LogP contribution >= 0.6 is 23.1 Å². The zero-order valence-electron chi connectivity index (χ0n) is 12.0. The van der Waals surface area contributed by atoms with E-state index in [1.807, 2.05) is 18.2 Å². The van der Waals surface area contributed by atoms with Gasteiger partial charge in [0.1, 0.15) is 16.1 Å². The highest BCUT2D eigenvalue weighted by atomic mass is 32.2. The van der Waals surface area contributed by atoms with Gasteiger partial charge in [0.15, 0.2) is 0 Å². The lowest BCUT2D eigenvalue weighted by Crippen LogP contribution is -2.27. The summed E-state index contributed by atoms with van der Waals surface area (Å²) >= 11 is 2.78. The second-order valence-electron chi connectivity index (χ2n) is 5.16. The number of rotatable bonds is 4. The number of para-hydroxylation sites is 1. The second kappa shape index (κ2) is 5.66. The third-order valence-electron chi connectivity index (χ3n) is 3.19. The first-order chi connectivity index (χ1) is 10.5. The Labute approximate surface area is 135 Å². The zero-order chi connectivity index (χ0) is 15.7. The lowest BCUT2D eigenvalue weighted by molar-refractivity contribution is -0.138. The van der Waals surface area contributed by atoms with Crippen LogP contribution in [0.25, 0.3) is 21.3 Å². The van der Waals surface area contributed by atoms with Crippen LogP contribution in [0.3, 0.4) is 0 Å². The molecule has 2 heterocycles. The molecule has 7 heteroatoms. The topological polar surface area (TPSA) is 76.0 Å². The number of thioether (sulfide) groups is 1. The van der Waals surface area contributed by atoms with Crippen molar-refractivity contribution in [3.8, 4) is 11.1 Å². The number of carbonyl (C=O) groups is 1. The molecule has 3 rings (SSSR count). The van der Waals surface area contributed by atoms with Gasteiger partial charge in [0.25, 0.3) is 0 Å². The Kier molecular flexibility index (Phi) is 3.84. The largest absolute Gasteiger partial charge is 0.480 e. The lowest BCUT2D eigenvalue weighted by Gasteiger charge is -2.19. The van der Waals surface area contributed by atoms with Gasteiger partial charge in [-0.1, -0.05) is 23.9 Å². The third-order valence-corrected chi connectivity index (χ3v) is 5.19. The number of aromatic nitrogens is 3. The highest BCUT2D eigenvalue weighted by molar-refractivity contribution is 8.01. The molecule has 0 fully saturated rings. The number of aliphatic carboxylic acids is 1. The van der Waals surface area contributed by atoms with Crippen molar-refractivity contribution in [2.45, 2.75) is 23.6 Å². The van der Waals surface area contributed by atoms with Gasteiger partial charge in [-0.25, -0.2) is 15.0 Å². The summed E-state index contributed by atoms with van der Waals surface area (Å²) in [6.07, 6.45) is 3.15. The summed E-state index contributed by atoms with van der Waals surface area (Å²) in [5.74, 6) is -0.881. The molecule has 0 aliphatic heterocycles. The third kappa shape index (κ3) is 2.69. The summed E-state index contributed by atoms with van der Waals surface area (Å²) in [7, 11) is 0. The van der Waals surface area contributed by atoms with Gasteiger partial charge in [-0.15, -0.1) is 11.3 Å². The summed E-state index contributed by atoms with van der Waals surface area (Å²) in [5, 5.41) is 9.97. The quantitative estimate of drug-likeness (QED) is 0.580. The van der Waals surface area contributed by atoms with Crippen molar-refractivity contribution in [2.75, 3.05) is 0 Å². The molecule has 0 aliphatic rings. The van der Waals surface area contributed by atoms with E-state index in [2.05, 4.69) is 15.0 Å². The molecule has 0 amide bonds. The Bertz CT molecular complexity index is 845. The molecular weight excluding hydrogens is 318 g/mol. The molecule has 0 aliphatic carbocycles. The fourth-order valence-electron chi connectivity index (χ4n) is 1.97. The van der Waals surface area contributed by atoms with Crippen molar-refractivity contribution in [3.05, 3.63) is 36.2 Å². The lowest BCUT2D eigenvalue weighted by atomic mass is 10.1. The van der Waals surface area contributed by atoms with Crippen LogP contribution in [0, 0.1) is 0 Å². The Hall–Kier alpha value is -1.99. The maximum atomic E-state index is 11.4. The zero-order valence-corrected chi connectivity index (χ0v) is 13.6. The van der Waals surface area contributed by atoms with E-state index in [1.54, 1.807) is 36.9 Å². The minimum absolute atomic E-state index is 0.642. The van der Waals surface area contributed by atoms with Gasteiger partial charge in [0.2, 0.25) is 0 Å². The standard InChI is InChI=1S/C15H13N3O2S2/c1-15(2,14(19)20)22-13-10(6-16-7-17-13)9-4-3-5-11-12(9)18-8-21-11/h3-8H,1-2H3,(H,19,20). The van der Waals surface area contributed by atoms with Gasteiger partial charge in [-0.2, -0.15) is 0 Å². The molecule has 5 nitrogen and oxygen atoms in total. The molecule has 3 aromatic rings. The molecule has 112 valence electrons. The van der Waals surface area contributed by atoms with Crippen LogP contribution in [0.2, 0.25) is 0 Å². The van der Waals surface area contributed by atoms with Gasteiger partial charge in [-0.3, -0.25) is 4.79 Å². The summed E-state index contributed by atoms with van der Waals surface area (Å²) in [5.41, 5.74) is 4.41. The molecule has 22 heavy (non-hydrogen) atoms. The molecule has 0 bridgehead atoms. The van der Waals surface area contributed by atoms with Crippen LogP contribution in [0.15, 0.2) is 41.3 Å². The fraction of sp³-hybridized carbons (Fsp3) is 0.200. The van der Waals surface area contributed by atoms with Crippen LogP contribution in [-0.4, -0.2) is 30.8 Å². The maximum Gasteiger partial charge on any atom is 0.319 e. The summed E-state index contributed by atoms with van der Waals surface area (Å²) in [6, 6.07) is 5.92. The predicted octanol–water partition coefficient (Wildman–Crippen LogP) is 3.71. The molecule has 2 aromatic heterocycles. The van der Waals surface area contributed by atoms with Crippen molar-refractivity contribution in [3.63, 3.8) is 0 Å². The van der Waals surface area contributed by atoms with Gasteiger partial charge >= 0.3 is 5.97 Å². The van der Waals surface area contributed by atoms with E-state index in [1.165, 1.54) is 18.1 Å².